The third-order valence-corrected chi connectivity index (χ3v) is 2.35. The molecule has 0 bridgehead atoms. The molecule has 0 aliphatic heterocycles. The first-order valence-electron chi connectivity index (χ1n) is 6.52. The Labute approximate surface area is 118 Å². The Morgan fingerprint density at radius 2 is 1.85 bits per heavy atom. The maximum Gasteiger partial charge on any atom is 0.412 e. The lowest BCUT2D eigenvalue weighted by Gasteiger charge is -2.09. The summed E-state index contributed by atoms with van der Waals surface area (Å²) in [6, 6.07) is 9.30. The van der Waals surface area contributed by atoms with Gasteiger partial charge in [-0.2, -0.15) is 0 Å². The predicted octanol–water partition coefficient (Wildman–Crippen LogP) is 2.77. The average molecular weight is 277 g/mol. The number of carbonyl (C=O) groups is 2. The number of rotatable bonds is 6. The van der Waals surface area contributed by atoms with Crippen molar-refractivity contribution in [1.29, 1.82) is 0 Å². The van der Waals surface area contributed by atoms with E-state index in [4.69, 9.17) is 9.47 Å². The highest BCUT2D eigenvalue weighted by molar-refractivity contribution is 5.92. The second-order valence-electron chi connectivity index (χ2n) is 3.93. The van der Waals surface area contributed by atoms with E-state index in [-0.39, 0.29) is 18.9 Å². The van der Waals surface area contributed by atoms with Gasteiger partial charge in [0.15, 0.2) is 0 Å². The number of ether oxygens (including phenoxy) is 2. The van der Waals surface area contributed by atoms with Crippen molar-refractivity contribution in [3.05, 3.63) is 47.7 Å². The molecule has 20 heavy (non-hydrogen) atoms. The van der Waals surface area contributed by atoms with Crippen molar-refractivity contribution in [2.75, 3.05) is 6.61 Å². The number of allylic oxidation sites excluding steroid dienone is 1. The number of hydrogen-bond acceptors (Lipinski definition) is 4. The lowest BCUT2D eigenvalue weighted by atomic mass is 10.2. The number of alkyl carbamates (subject to hydrolysis) is 1. The minimum absolute atomic E-state index is 0.104. The zero-order chi connectivity index (χ0) is 14.8. The van der Waals surface area contributed by atoms with Crippen LogP contribution in [0.3, 0.4) is 0 Å². The fourth-order valence-electron chi connectivity index (χ4n) is 1.47. The van der Waals surface area contributed by atoms with Crippen molar-refractivity contribution in [1.82, 2.24) is 5.32 Å². The summed E-state index contributed by atoms with van der Waals surface area (Å²) in [6.07, 6.45) is 1.51. The van der Waals surface area contributed by atoms with Gasteiger partial charge in [-0.1, -0.05) is 43.3 Å². The van der Waals surface area contributed by atoms with Gasteiger partial charge >= 0.3 is 12.1 Å². The quantitative estimate of drug-likeness (QED) is 0.641. The van der Waals surface area contributed by atoms with Gasteiger partial charge in [0, 0.05) is 0 Å². The molecular weight excluding hydrogens is 258 g/mol. The molecule has 1 rings (SSSR count). The second kappa shape index (κ2) is 8.74. The summed E-state index contributed by atoms with van der Waals surface area (Å²) in [7, 11) is 0. The molecule has 0 aliphatic carbocycles. The predicted molar refractivity (Wildman–Crippen MR) is 74.8 cm³/mol. The van der Waals surface area contributed by atoms with Gasteiger partial charge in [-0.3, -0.25) is 5.32 Å². The fourth-order valence-corrected chi connectivity index (χ4v) is 1.47. The van der Waals surface area contributed by atoms with E-state index in [2.05, 4.69) is 5.32 Å². The zero-order valence-electron chi connectivity index (χ0n) is 11.7. The molecule has 1 aromatic carbocycles. The van der Waals surface area contributed by atoms with E-state index in [0.29, 0.717) is 6.42 Å². The number of carbonyl (C=O) groups excluding carboxylic acids is 2. The van der Waals surface area contributed by atoms with Crippen molar-refractivity contribution in [3.63, 3.8) is 0 Å². The minimum atomic E-state index is -0.679. The molecule has 5 heteroatoms. The van der Waals surface area contributed by atoms with E-state index >= 15 is 0 Å². The lowest BCUT2D eigenvalue weighted by molar-refractivity contribution is -0.138. The summed E-state index contributed by atoms with van der Waals surface area (Å²) in [4.78, 5) is 23.2. The summed E-state index contributed by atoms with van der Waals surface area (Å²) in [5, 5.41) is 2.40. The molecule has 5 nitrogen and oxygen atoms in total. The first kappa shape index (κ1) is 15.8. The molecule has 0 radical (unpaired) electrons. The molecule has 1 N–H and O–H groups in total. The number of benzene rings is 1. The highest BCUT2D eigenvalue weighted by atomic mass is 16.6. The van der Waals surface area contributed by atoms with Crippen molar-refractivity contribution >= 4 is 12.1 Å². The van der Waals surface area contributed by atoms with Crippen LogP contribution in [-0.4, -0.2) is 18.7 Å². The molecule has 0 saturated heterocycles. The SMILES string of the molecule is CC/C=C(\NC(=O)OCc1ccccc1)C(=O)OCC. The van der Waals surface area contributed by atoms with Crippen molar-refractivity contribution in [2.45, 2.75) is 26.9 Å². The van der Waals surface area contributed by atoms with Gasteiger partial charge in [-0.25, -0.2) is 9.59 Å². The van der Waals surface area contributed by atoms with E-state index in [1.165, 1.54) is 0 Å². The molecular formula is C15H19NO4. The molecule has 108 valence electrons. The molecule has 0 unspecified atom stereocenters. The monoisotopic (exact) mass is 277 g/mol. The minimum Gasteiger partial charge on any atom is -0.461 e. The average Bonchev–Trinajstić information content (AvgIpc) is 2.46. The summed E-state index contributed by atoms with van der Waals surface area (Å²) in [5.41, 5.74) is 0.979. The van der Waals surface area contributed by atoms with E-state index < -0.39 is 12.1 Å². The second-order valence-corrected chi connectivity index (χ2v) is 3.93. The van der Waals surface area contributed by atoms with Crippen LogP contribution >= 0.6 is 0 Å². The van der Waals surface area contributed by atoms with Crippen LogP contribution in [0.15, 0.2) is 42.1 Å². The maximum atomic E-state index is 11.6. The van der Waals surface area contributed by atoms with Crippen LogP contribution in [-0.2, 0) is 20.9 Å². The Morgan fingerprint density at radius 3 is 2.45 bits per heavy atom. The van der Waals surface area contributed by atoms with Crippen LogP contribution in [0.2, 0.25) is 0 Å². The van der Waals surface area contributed by atoms with Crippen LogP contribution in [0.1, 0.15) is 25.8 Å². The lowest BCUT2D eigenvalue weighted by Crippen LogP contribution is -2.29. The molecule has 1 amide bonds. The standard InChI is InChI=1S/C15H19NO4/c1-3-8-13(14(17)19-4-2)16-15(18)20-11-12-9-6-5-7-10-12/h5-10H,3-4,11H2,1-2H3,(H,16,18)/b13-8-. The Hall–Kier alpha value is -2.30. The van der Waals surface area contributed by atoms with E-state index in [1.807, 2.05) is 37.3 Å². The molecule has 0 saturated carbocycles. The summed E-state index contributed by atoms with van der Waals surface area (Å²) in [6.45, 7) is 3.96. The van der Waals surface area contributed by atoms with E-state index in [9.17, 15) is 9.59 Å². The third-order valence-electron chi connectivity index (χ3n) is 2.35. The molecule has 0 spiro atoms. The summed E-state index contributed by atoms with van der Waals surface area (Å²) >= 11 is 0. The normalized spacial score (nSPS) is 10.8. The Kier molecular flexibility index (Phi) is 6.89. The number of esters is 1. The van der Waals surface area contributed by atoms with Crippen LogP contribution in [0.4, 0.5) is 4.79 Å². The molecule has 1 aromatic rings. The maximum absolute atomic E-state index is 11.6. The highest BCUT2D eigenvalue weighted by Gasteiger charge is 2.14. The number of hydrogen-bond donors (Lipinski definition) is 1. The van der Waals surface area contributed by atoms with Crippen molar-refractivity contribution in [3.8, 4) is 0 Å². The van der Waals surface area contributed by atoms with E-state index in [0.717, 1.165) is 5.56 Å². The summed E-state index contributed by atoms with van der Waals surface area (Å²) in [5.74, 6) is -0.564. The van der Waals surface area contributed by atoms with Gasteiger partial charge in [-0.15, -0.1) is 0 Å². The van der Waals surface area contributed by atoms with Gasteiger partial charge in [0.2, 0.25) is 0 Å². The first-order valence-corrected chi connectivity index (χ1v) is 6.52. The third kappa shape index (κ3) is 5.56. The van der Waals surface area contributed by atoms with Crippen LogP contribution in [0, 0.1) is 0 Å². The molecule has 0 aliphatic rings. The smallest absolute Gasteiger partial charge is 0.412 e. The Balaban J connectivity index is 2.50. The van der Waals surface area contributed by atoms with Gasteiger partial charge in [0.25, 0.3) is 0 Å². The number of amides is 1. The largest absolute Gasteiger partial charge is 0.461 e. The Morgan fingerprint density at radius 1 is 1.15 bits per heavy atom. The van der Waals surface area contributed by atoms with Crippen LogP contribution in [0.25, 0.3) is 0 Å². The molecule has 0 heterocycles. The zero-order valence-corrected chi connectivity index (χ0v) is 11.7. The molecule has 0 atom stereocenters. The highest BCUT2D eigenvalue weighted by Crippen LogP contribution is 2.02. The van der Waals surface area contributed by atoms with Crippen molar-refractivity contribution < 1.29 is 19.1 Å². The fraction of sp³-hybridized carbons (Fsp3) is 0.333. The Bertz CT molecular complexity index is 468. The van der Waals surface area contributed by atoms with Gasteiger partial charge in [0.05, 0.1) is 6.61 Å². The topological polar surface area (TPSA) is 64.6 Å². The van der Waals surface area contributed by atoms with E-state index in [1.54, 1.807) is 13.0 Å². The van der Waals surface area contributed by atoms with Gasteiger partial charge < -0.3 is 9.47 Å². The first-order chi connectivity index (χ1) is 9.67. The number of nitrogens with one attached hydrogen (secondary N) is 1. The molecule has 0 aromatic heterocycles. The van der Waals surface area contributed by atoms with Crippen LogP contribution in [0.5, 0.6) is 0 Å². The van der Waals surface area contributed by atoms with Gasteiger partial charge in [0.1, 0.15) is 12.3 Å². The van der Waals surface area contributed by atoms with Crippen LogP contribution < -0.4 is 5.32 Å². The molecule has 0 fully saturated rings. The summed E-state index contributed by atoms with van der Waals surface area (Å²) < 4.78 is 9.88. The van der Waals surface area contributed by atoms with Crippen molar-refractivity contribution in [2.24, 2.45) is 0 Å². The van der Waals surface area contributed by atoms with Gasteiger partial charge in [-0.05, 0) is 18.9 Å².